The van der Waals surface area contributed by atoms with Gasteiger partial charge in [0.1, 0.15) is 5.75 Å². The number of aromatic nitrogens is 2. The van der Waals surface area contributed by atoms with Crippen LogP contribution in [-0.4, -0.2) is 42.9 Å². The van der Waals surface area contributed by atoms with E-state index in [1.165, 1.54) is 0 Å². The molecule has 0 saturated carbocycles. The van der Waals surface area contributed by atoms with E-state index in [-0.39, 0.29) is 0 Å². The first-order valence-electron chi connectivity index (χ1n) is 7.92. The third-order valence-electron chi connectivity index (χ3n) is 3.13. The third-order valence-corrected chi connectivity index (χ3v) is 3.13. The Labute approximate surface area is 141 Å². The number of hydrogen-bond donors (Lipinski definition) is 1. The van der Waals surface area contributed by atoms with Crippen molar-refractivity contribution in [3.8, 4) is 11.8 Å². The Balaban J connectivity index is 1.72. The number of rotatable bonds is 8. The number of methoxy groups -OCH3 is 1. The van der Waals surface area contributed by atoms with Gasteiger partial charge in [0.25, 0.3) is 0 Å². The number of alkyl carbamates (subject to hydrolysis) is 1. The molecule has 0 aliphatic rings. The topological polar surface area (TPSA) is 82.6 Å². The van der Waals surface area contributed by atoms with E-state index in [1.807, 2.05) is 32.0 Å². The molecule has 1 amide bonds. The second-order valence-corrected chi connectivity index (χ2v) is 5.70. The van der Waals surface area contributed by atoms with Gasteiger partial charge >= 0.3 is 12.1 Å². The smallest absolute Gasteiger partial charge is 0.407 e. The Hall–Kier alpha value is -2.57. The molecule has 0 fully saturated rings. The van der Waals surface area contributed by atoms with Gasteiger partial charge < -0.3 is 19.5 Å². The Morgan fingerprint density at radius 1 is 1.33 bits per heavy atom. The number of fused-ring (bicyclic) bond motifs is 1. The normalized spacial score (nSPS) is 10.7. The molecule has 130 valence electrons. The zero-order valence-corrected chi connectivity index (χ0v) is 14.2. The van der Waals surface area contributed by atoms with Gasteiger partial charge in [-0.1, -0.05) is 13.8 Å². The van der Waals surface area contributed by atoms with Crippen LogP contribution in [0.3, 0.4) is 0 Å². The third kappa shape index (κ3) is 5.57. The molecule has 0 aliphatic heterocycles. The number of nitrogens with one attached hydrogen (secondary N) is 1. The van der Waals surface area contributed by atoms with Crippen LogP contribution in [-0.2, 0) is 4.74 Å². The summed E-state index contributed by atoms with van der Waals surface area (Å²) < 4.78 is 15.7. The first kappa shape index (κ1) is 17.8. The van der Waals surface area contributed by atoms with Crippen molar-refractivity contribution in [1.82, 2.24) is 15.3 Å². The molecule has 1 aromatic heterocycles. The molecule has 1 aromatic carbocycles. The van der Waals surface area contributed by atoms with Crippen LogP contribution in [0.25, 0.3) is 10.9 Å². The van der Waals surface area contributed by atoms with Gasteiger partial charge in [0, 0.05) is 18.1 Å². The SMILES string of the molecule is COc1ccc2nc(OCCCNC(=O)OCC(C)C)ncc2c1. The maximum Gasteiger partial charge on any atom is 0.407 e. The van der Waals surface area contributed by atoms with E-state index in [0.29, 0.717) is 38.1 Å². The fraction of sp³-hybridized carbons (Fsp3) is 0.471. The summed E-state index contributed by atoms with van der Waals surface area (Å²) in [5, 5.41) is 3.56. The molecule has 1 heterocycles. The van der Waals surface area contributed by atoms with Crippen molar-refractivity contribution >= 4 is 17.0 Å². The van der Waals surface area contributed by atoms with Gasteiger partial charge in [-0.25, -0.2) is 9.78 Å². The predicted molar refractivity (Wildman–Crippen MR) is 90.4 cm³/mol. The van der Waals surface area contributed by atoms with E-state index < -0.39 is 6.09 Å². The number of carbonyl (C=O) groups excluding carboxylic acids is 1. The highest BCUT2D eigenvalue weighted by Gasteiger charge is 2.04. The second kappa shape index (κ2) is 8.90. The molecule has 2 rings (SSSR count). The van der Waals surface area contributed by atoms with E-state index in [4.69, 9.17) is 14.2 Å². The Bertz CT molecular complexity index is 676. The molecule has 0 atom stereocenters. The molecule has 0 spiro atoms. The lowest BCUT2D eigenvalue weighted by Crippen LogP contribution is -2.27. The summed E-state index contributed by atoms with van der Waals surface area (Å²) in [4.78, 5) is 19.9. The second-order valence-electron chi connectivity index (χ2n) is 5.70. The Kier molecular flexibility index (Phi) is 6.60. The highest BCUT2D eigenvalue weighted by molar-refractivity contribution is 5.79. The van der Waals surface area contributed by atoms with Crippen LogP contribution in [0.5, 0.6) is 11.8 Å². The molecule has 0 unspecified atom stereocenters. The Morgan fingerprint density at radius 3 is 2.92 bits per heavy atom. The van der Waals surface area contributed by atoms with Crippen LogP contribution in [0.15, 0.2) is 24.4 Å². The summed E-state index contributed by atoms with van der Waals surface area (Å²) in [5.74, 6) is 1.08. The van der Waals surface area contributed by atoms with Gasteiger partial charge in [-0.3, -0.25) is 0 Å². The van der Waals surface area contributed by atoms with Crippen molar-refractivity contribution in [2.24, 2.45) is 5.92 Å². The highest BCUT2D eigenvalue weighted by atomic mass is 16.5. The first-order chi connectivity index (χ1) is 11.6. The van der Waals surface area contributed by atoms with Crippen molar-refractivity contribution < 1.29 is 19.0 Å². The van der Waals surface area contributed by atoms with E-state index in [1.54, 1.807) is 13.3 Å². The summed E-state index contributed by atoms with van der Waals surface area (Å²) in [6.45, 7) is 5.27. The van der Waals surface area contributed by atoms with Gasteiger partial charge in [-0.05, 0) is 30.5 Å². The van der Waals surface area contributed by atoms with Gasteiger partial charge in [0.2, 0.25) is 0 Å². The van der Waals surface area contributed by atoms with E-state index >= 15 is 0 Å². The number of nitrogens with zero attached hydrogens (tertiary/aromatic N) is 2. The van der Waals surface area contributed by atoms with Crippen molar-refractivity contribution in [2.75, 3.05) is 26.9 Å². The van der Waals surface area contributed by atoms with Gasteiger partial charge in [-0.15, -0.1) is 0 Å². The number of hydrogen-bond acceptors (Lipinski definition) is 6. The predicted octanol–water partition coefficient (Wildman–Crippen LogP) is 2.79. The fourth-order valence-electron chi connectivity index (χ4n) is 1.91. The quantitative estimate of drug-likeness (QED) is 0.748. The minimum atomic E-state index is -0.403. The van der Waals surface area contributed by atoms with Gasteiger partial charge in [0.05, 0.1) is 25.8 Å². The zero-order chi connectivity index (χ0) is 17.4. The molecule has 0 radical (unpaired) electrons. The maximum absolute atomic E-state index is 11.4. The molecule has 0 bridgehead atoms. The average molecular weight is 333 g/mol. The minimum absolute atomic E-state index is 0.315. The number of ether oxygens (including phenoxy) is 3. The number of amides is 1. The van der Waals surface area contributed by atoms with Crippen molar-refractivity contribution in [3.63, 3.8) is 0 Å². The average Bonchev–Trinajstić information content (AvgIpc) is 2.59. The maximum atomic E-state index is 11.4. The van der Waals surface area contributed by atoms with Gasteiger partial charge in [0.15, 0.2) is 0 Å². The fourth-order valence-corrected chi connectivity index (χ4v) is 1.91. The van der Waals surface area contributed by atoms with Crippen LogP contribution in [0.2, 0.25) is 0 Å². The molecule has 7 nitrogen and oxygen atoms in total. The molecular formula is C17H23N3O4. The molecule has 24 heavy (non-hydrogen) atoms. The highest BCUT2D eigenvalue weighted by Crippen LogP contribution is 2.19. The lowest BCUT2D eigenvalue weighted by molar-refractivity contribution is 0.132. The number of carbonyl (C=O) groups is 1. The molecular weight excluding hydrogens is 310 g/mol. The van der Waals surface area contributed by atoms with E-state index in [9.17, 15) is 4.79 Å². The minimum Gasteiger partial charge on any atom is -0.497 e. The number of benzene rings is 1. The van der Waals surface area contributed by atoms with Crippen LogP contribution in [0, 0.1) is 5.92 Å². The zero-order valence-electron chi connectivity index (χ0n) is 14.2. The molecule has 1 N–H and O–H groups in total. The van der Waals surface area contributed by atoms with Crippen molar-refractivity contribution in [2.45, 2.75) is 20.3 Å². The van der Waals surface area contributed by atoms with Crippen molar-refractivity contribution in [1.29, 1.82) is 0 Å². The van der Waals surface area contributed by atoms with E-state index in [2.05, 4.69) is 15.3 Å². The van der Waals surface area contributed by atoms with Gasteiger partial charge in [-0.2, -0.15) is 4.98 Å². The Morgan fingerprint density at radius 2 is 2.17 bits per heavy atom. The van der Waals surface area contributed by atoms with Crippen LogP contribution >= 0.6 is 0 Å². The van der Waals surface area contributed by atoms with Crippen LogP contribution in [0.4, 0.5) is 4.79 Å². The largest absolute Gasteiger partial charge is 0.497 e. The molecule has 0 saturated heterocycles. The lowest BCUT2D eigenvalue weighted by Gasteiger charge is -2.09. The molecule has 0 aliphatic carbocycles. The first-order valence-corrected chi connectivity index (χ1v) is 7.92. The van der Waals surface area contributed by atoms with Crippen LogP contribution < -0.4 is 14.8 Å². The summed E-state index contributed by atoms with van der Waals surface area (Å²) in [7, 11) is 1.62. The molecule has 2 aromatic rings. The van der Waals surface area contributed by atoms with E-state index in [0.717, 1.165) is 16.7 Å². The van der Waals surface area contributed by atoms with Crippen LogP contribution in [0.1, 0.15) is 20.3 Å². The molecule has 7 heteroatoms. The summed E-state index contributed by atoms with van der Waals surface area (Å²) in [6, 6.07) is 5.88. The monoisotopic (exact) mass is 333 g/mol. The summed E-state index contributed by atoms with van der Waals surface area (Å²) >= 11 is 0. The van der Waals surface area contributed by atoms with Crippen molar-refractivity contribution in [3.05, 3.63) is 24.4 Å². The summed E-state index contributed by atoms with van der Waals surface area (Å²) in [6.07, 6.45) is 1.93. The summed E-state index contributed by atoms with van der Waals surface area (Å²) in [5.41, 5.74) is 0.788. The standard InChI is InChI=1S/C17H23N3O4/c1-12(2)11-24-17(21)18-7-4-8-23-16-19-10-13-9-14(22-3)5-6-15(13)20-16/h5-6,9-10,12H,4,7-8,11H2,1-3H3,(H,18,21). The lowest BCUT2D eigenvalue weighted by atomic mass is 10.2.